The Morgan fingerprint density at radius 3 is 2.53 bits per heavy atom. The molecule has 0 saturated heterocycles. The number of hydrogen-bond acceptors (Lipinski definition) is 1. The third-order valence-corrected chi connectivity index (χ3v) is 2.88. The summed E-state index contributed by atoms with van der Waals surface area (Å²) in [7, 11) is 0. The molecule has 82 valence electrons. The third-order valence-electron chi connectivity index (χ3n) is 2.88. The Morgan fingerprint density at radius 1 is 1.20 bits per heavy atom. The van der Waals surface area contributed by atoms with Crippen LogP contribution >= 0.6 is 0 Å². The van der Waals surface area contributed by atoms with E-state index in [1.54, 1.807) is 0 Å². The van der Waals surface area contributed by atoms with Crippen LogP contribution in [0, 0.1) is 5.92 Å². The Morgan fingerprint density at radius 2 is 1.87 bits per heavy atom. The molecule has 0 N–H and O–H groups in total. The summed E-state index contributed by atoms with van der Waals surface area (Å²) in [5.41, 5.74) is 2.19. The lowest BCUT2D eigenvalue weighted by atomic mass is 9.82. The van der Waals surface area contributed by atoms with E-state index in [0.29, 0.717) is 11.7 Å². The molecule has 0 fully saturated rings. The number of carbonyl (C=O) groups is 1. The van der Waals surface area contributed by atoms with Gasteiger partial charge in [0.2, 0.25) is 0 Å². The van der Waals surface area contributed by atoms with Crippen LogP contribution in [0.1, 0.15) is 49.5 Å². The molecule has 0 unspecified atom stereocenters. The molecule has 0 heterocycles. The maximum absolute atomic E-state index is 11.7. The van der Waals surface area contributed by atoms with Crippen molar-refractivity contribution >= 4 is 5.78 Å². The molecule has 0 aliphatic heterocycles. The Kier molecular flexibility index (Phi) is 4.54. The van der Waals surface area contributed by atoms with Crippen LogP contribution in [0.15, 0.2) is 24.3 Å². The van der Waals surface area contributed by atoms with E-state index in [-0.39, 0.29) is 0 Å². The fourth-order valence-corrected chi connectivity index (χ4v) is 2.01. The van der Waals surface area contributed by atoms with Crippen molar-refractivity contribution in [2.24, 2.45) is 5.92 Å². The van der Waals surface area contributed by atoms with Gasteiger partial charge in [-0.25, -0.2) is 0 Å². The highest BCUT2D eigenvalue weighted by atomic mass is 16.1. The lowest BCUT2D eigenvalue weighted by Crippen LogP contribution is -2.19. The first-order chi connectivity index (χ1) is 7.31. The van der Waals surface area contributed by atoms with Crippen LogP contribution in [0.4, 0.5) is 0 Å². The first-order valence-corrected chi connectivity index (χ1v) is 5.92. The molecule has 0 radical (unpaired) electrons. The molecule has 0 amide bonds. The van der Waals surface area contributed by atoms with Crippen LogP contribution in [-0.4, -0.2) is 5.78 Å². The van der Waals surface area contributed by atoms with E-state index in [2.05, 4.69) is 13.0 Å². The Balaban J connectivity index is 0.000000531. The van der Waals surface area contributed by atoms with Crippen molar-refractivity contribution in [2.75, 3.05) is 0 Å². The summed E-state index contributed by atoms with van der Waals surface area (Å²) in [5, 5.41) is 0. The summed E-state index contributed by atoms with van der Waals surface area (Å²) in [4.78, 5) is 11.7. The normalized spacial score (nSPS) is 18.9. The van der Waals surface area contributed by atoms with Gasteiger partial charge in [0, 0.05) is 12.0 Å². The number of carbonyl (C=O) groups excluding carboxylic acids is 1. The van der Waals surface area contributed by atoms with E-state index in [1.165, 1.54) is 5.56 Å². The van der Waals surface area contributed by atoms with Gasteiger partial charge >= 0.3 is 0 Å². The van der Waals surface area contributed by atoms with Gasteiger partial charge < -0.3 is 0 Å². The van der Waals surface area contributed by atoms with Gasteiger partial charge in [0.1, 0.15) is 0 Å². The third kappa shape index (κ3) is 2.68. The van der Waals surface area contributed by atoms with Crippen LogP contribution in [0.3, 0.4) is 0 Å². The highest BCUT2D eigenvalue weighted by molar-refractivity contribution is 5.98. The van der Waals surface area contributed by atoms with Crippen molar-refractivity contribution in [3.8, 4) is 0 Å². The van der Waals surface area contributed by atoms with Crippen LogP contribution in [0.5, 0.6) is 0 Å². The maximum atomic E-state index is 11.7. The minimum Gasteiger partial charge on any atom is -0.294 e. The minimum atomic E-state index is 0.328. The Bertz CT molecular complexity index is 328. The summed E-state index contributed by atoms with van der Waals surface area (Å²) >= 11 is 0. The lowest BCUT2D eigenvalue weighted by molar-refractivity contribution is 0.0947. The van der Waals surface area contributed by atoms with E-state index in [0.717, 1.165) is 24.8 Å². The fraction of sp³-hybridized carbons (Fsp3) is 0.500. The highest BCUT2D eigenvalue weighted by Crippen LogP contribution is 2.26. The number of fused-ring (bicyclic) bond motifs is 1. The summed E-state index contributed by atoms with van der Waals surface area (Å²) in [6, 6.07) is 7.99. The largest absolute Gasteiger partial charge is 0.294 e. The molecule has 15 heavy (non-hydrogen) atoms. The minimum absolute atomic E-state index is 0.328. The van der Waals surface area contributed by atoms with Gasteiger partial charge in [-0.3, -0.25) is 4.79 Å². The van der Waals surface area contributed by atoms with Crippen LogP contribution in [0.2, 0.25) is 0 Å². The summed E-state index contributed by atoms with van der Waals surface area (Å²) in [6.07, 6.45) is 2.94. The van der Waals surface area contributed by atoms with Gasteiger partial charge in [0.05, 0.1) is 0 Å². The molecule has 1 aliphatic rings. The van der Waals surface area contributed by atoms with Crippen molar-refractivity contribution in [3.05, 3.63) is 35.4 Å². The predicted octanol–water partition coefficient (Wildman–Crippen LogP) is 3.87. The van der Waals surface area contributed by atoms with Crippen LogP contribution in [0.25, 0.3) is 0 Å². The SMILES string of the molecule is CC.CC[C@@H]1CC(=O)c2ccccc2C1. The number of rotatable bonds is 1. The van der Waals surface area contributed by atoms with Crippen molar-refractivity contribution in [1.82, 2.24) is 0 Å². The average molecular weight is 204 g/mol. The average Bonchev–Trinajstić information content (AvgIpc) is 2.31. The van der Waals surface area contributed by atoms with Crippen LogP contribution in [-0.2, 0) is 6.42 Å². The van der Waals surface area contributed by atoms with E-state index in [9.17, 15) is 4.79 Å². The summed E-state index contributed by atoms with van der Waals surface area (Å²) < 4.78 is 0. The van der Waals surface area contributed by atoms with E-state index in [4.69, 9.17) is 0 Å². The molecule has 0 bridgehead atoms. The lowest BCUT2D eigenvalue weighted by Gasteiger charge is -2.21. The molecule has 0 aromatic heterocycles. The summed E-state index contributed by atoms with van der Waals surface area (Å²) in [5.74, 6) is 0.899. The Hall–Kier alpha value is -1.11. The molecule has 1 aromatic rings. The zero-order chi connectivity index (χ0) is 11.3. The molecule has 2 rings (SSSR count). The van der Waals surface area contributed by atoms with Crippen molar-refractivity contribution in [1.29, 1.82) is 0 Å². The van der Waals surface area contributed by atoms with Crippen molar-refractivity contribution in [2.45, 2.75) is 40.0 Å². The number of ketones is 1. The van der Waals surface area contributed by atoms with Crippen molar-refractivity contribution in [3.63, 3.8) is 0 Å². The zero-order valence-electron chi connectivity index (χ0n) is 9.92. The smallest absolute Gasteiger partial charge is 0.163 e. The standard InChI is InChI=1S/C12H14O.C2H6/c1-2-9-7-10-5-3-4-6-11(10)12(13)8-9;1-2/h3-6,9H,2,7-8H2,1H3;1-2H3/t9-;/m0./s1. The van der Waals surface area contributed by atoms with Gasteiger partial charge in [0.25, 0.3) is 0 Å². The molecule has 1 aliphatic carbocycles. The van der Waals surface area contributed by atoms with E-state index < -0.39 is 0 Å². The predicted molar refractivity (Wildman–Crippen MR) is 64.2 cm³/mol. The van der Waals surface area contributed by atoms with E-state index in [1.807, 2.05) is 32.0 Å². The second-order valence-electron chi connectivity index (χ2n) is 3.76. The highest BCUT2D eigenvalue weighted by Gasteiger charge is 2.22. The van der Waals surface area contributed by atoms with Crippen LogP contribution < -0.4 is 0 Å². The molecule has 1 aromatic carbocycles. The van der Waals surface area contributed by atoms with Gasteiger partial charge in [-0.1, -0.05) is 51.5 Å². The monoisotopic (exact) mass is 204 g/mol. The number of Topliss-reactive ketones (excluding diaryl/α,β-unsaturated/α-hetero) is 1. The zero-order valence-corrected chi connectivity index (χ0v) is 9.92. The van der Waals surface area contributed by atoms with Gasteiger partial charge in [-0.2, -0.15) is 0 Å². The molecular formula is C14H20O. The molecule has 1 heteroatoms. The number of benzene rings is 1. The molecular weight excluding hydrogens is 184 g/mol. The van der Waals surface area contributed by atoms with Gasteiger partial charge in [-0.05, 0) is 17.9 Å². The fourth-order valence-electron chi connectivity index (χ4n) is 2.01. The molecule has 0 saturated carbocycles. The Labute approximate surface area is 92.5 Å². The van der Waals surface area contributed by atoms with Crippen molar-refractivity contribution < 1.29 is 4.79 Å². The van der Waals surface area contributed by atoms with E-state index >= 15 is 0 Å². The topological polar surface area (TPSA) is 17.1 Å². The van der Waals surface area contributed by atoms with Gasteiger partial charge in [0.15, 0.2) is 5.78 Å². The quantitative estimate of drug-likeness (QED) is 0.678. The molecule has 1 nitrogen and oxygen atoms in total. The maximum Gasteiger partial charge on any atom is 0.163 e. The number of hydrogen-bond donors (Lipinski definition) is 0. The van der Waals surface area contributed by atoms with Gasteiger partial charge in [-0.15, -0.1) is 0 Å². The first-order valence-electron chi connectivity index (χ1n) is 5.92. The second kappa shape index (κ2) is 5.69. The summed E-state index contributed by atoms with van der Waals surface area (Å²) in [6.45, 7) is 6.16. The molecule has 0 spiro atoms. The second-order valence-corrected chi connectivity index (χ2v) is 3.76. The molecule has 1 atom stereocenters. The first kappa shape index (κ1) is 12.0.